The van der Waals surface area contributed by atoms with Crippen LogP contribution in [0.1, 0.15) is 38.5 Å². The number of esters is 1. The van der Waals surface area contributed by atoms with E-state index in [1.54, 1.807) is 6.20 Å². The number of hydrogen-bond acceptors (Lipinski definition) is 6. The molecule has 0 aromatic carbocycles. The zero-order valence-corrected chi connectivity index (χ0v) is 14.1. The molecule has 0 saturated carbocycles. The summed E-state index contributed by atoms with van der Waals surface area (Å²) in [6.07, 6.45) is 7.88. The van der Waals surface area contributed by atoms with Crippen molar-refractivity contribution >= 4 is 28.3 Å². The van der Waals surface area contributed by atoms with E-state index in [0.29, 0.717) is 0 Å². The normalized spacial score (nSPS) is 22.0. The highest BCUT2D eigenvalue weighted by Crippen LogP contribution is 2.27. The van der Waals surface area contributed by atoms with Crippen LogP contribution >= 0.6 is 11.3 Å². The van der Waals surface area contributed by atoms with E-state index in [-0.39, 0.29) is 24.5 Å². The fraction of sp³-hybridized carbons (Fsp3) is 0.688. The second-order valence-electron chi connectivity index (χ2n) is 6.07. The van der Waals surface area contributed by atoms with Gasteiger partial charge in [0.25, 0.3) is 5.91 Å². The molecule has 0 unspecified atom stereocenters. The van der Waals surface area contributed by atoms with Gasteiger partial charge in [-0.15, -0.1) is 11.3 Å². The van der Waals surface area contributed by atoms with Crippen molar-refractivity contribution in [3.05, 3.63) is 11.6 Å². The first kappa shape index (κ1) is 16.2. The van der Waals surface area contributed by atoms with Gasteiger partial charge >= 0.3 is 5.97 Å². The molecule has 1 aromatic rings. The van der Waals surface area contributed by atoms with Gasteiger partial charge in [0.1, 0.15) is 6.04 Å². The first-order valence-electron chi connectivity index (χ1n) is 8.36. The molecule has 23 heavy (non-hydrogen) atoms. The highest BCUT2D eigenvalue weighted by atomic mass is 32.1. The number of anilines is 1. The Labute approximate surface area is 140 Å². The lowest BCUT2D eigenvalue weighted by Crippen LogP contribution is -2.40. The average Bonchev–Trinajstić information content (AvgIpc) is 3.18. The van der Waals surface area contributed by atoms with Crippen molar-refractivity contribution in [1.82, 2.24) is 9.88 Å². The van der Waals surface area contributed by atoms with E-state index in [9.17, 15) is 9.59 Å². The summed E-state index contributed by atoms with van der Waals surface area (Å²) in [4.78, 5) is 32.6. The second-order valence-corrected chi connectivity index (χ2v) is 6.94. The smallest absolute Gasteiger partial charge is 0.329 e. The van der Waals surface area contributed by atoms with Crippen molar-refractivity contribution in [3.8, 4) is 0 Å². The molecule has 2 aliphatic rings. The van der Waals surface area contributed by atoms with Crippen LogP contribution in [0.5, 0.6) is 0 Å². The highest BCUT2D eigenvalue weighted by molar-refractivity contribution is 7.13. The summed E-state index contributed by atoms with van der Waals surface area (Å²) in [7, 11) is 0. The van der Waals surface area contributed by atoms with Crippen molar-refractivity contribution < 1.29 is 14.3 Å². The Balaban J connectivity index is 1.51. The molecular weight excluding hydrogens is 314 g/mol. The van der Waals surface area contributed by atoms with Crippen molar-refractivity contribution in [2.75, 3.05) is 31.1 Å². The van der Waals surface area contributed by atoms with Crippen LogP contribution in [0.2, 0.25) is 0 Å². The monoisotopic (exact) mass is 337 g/mol. The minimum Gasteiger partial charge on any atom is -0.454 e. The van der Waals surface area contributed by atoms with Crippen molar-refractivity contribution in [2.45, 2.75) is 44.6 Å². The Kier molecular flexibility index (Phi) is 5.48. The molecule has 2 fully saturated rings. The van der Waals surface area contributed by atoms with Crippen molar-refractivity contribution in [3.63, 3.8) is 0 Å². The largest absolute Gasteiger partial charge is 0.454 e. The molecule has 3 heterocycles. The van der Waals surface area contributed by atoms with Gasteiger partial charge in [-0.1, -0.05) is 12.8 Å². The Morgan fingerprint density at radius 1 is 1.17 bits per heavy atom. The van der Waals surface area contributed by atoms with E-state index in [1.165, 1.54) is 24.2 Å². The fourth-order valence-electron chi connectivity index (χ4n) is 3.24. The molecular formula is C16H23N3O3S. The summed E-state index contributed by atoms with van der Waals surface area (Å²) < 4.78 is 5.32. The van der Waals surface area contributed by atoms with Crippen LogP contribution in [0.25, 0.3) is 0 Å². The maximum absolute atomic E-state index is 12.3. The molecule has 6 nitrogen and oxygen atoms in total. The summed E-state index contributed by atoms with van der Waals surface area (Å²) in [5.41, 5.74) is 0. The molecule has 0 bridgehead atoms. The Morgan fingerprint density at radius 3 is 2.65 bits per heavy atom. The molecule has 0 aliphatic carbocycles. The number of amides is 1. The van der Waals surface area contributed by atoms with Gasteiger partial charge in [-0.05, 0) is 25.7 Å². The highest BCUT2D eigenvalue weighted by Gasteiger charge is 2.34. The lowest BCUT2D eigenvalue weighted by molar-refractivity contribution is -0.153. The Hall–Kier alpha value is -1.63. The number of aromatic nitrogens is 1. The molecule has 1 aromatic heterocycles. The van der Waals surface area contributed by atoms with Crippen LogP contribution in [0.15, 0.2) is 11.6 Å². The third kappa shape index (κ3) is 4.02. The second kappa shape index (κ2) is 7.77. The summed E-state index contributed by atoms with van der Waals surface area (Å²) in [6, 6.07) is -0.307. The van der Waals surface area contributed by atoms with Gasteiger partial charge in [0.05, 0.1) is 0 Å². The maximum Gasteiger partial charge on any atom is 0.329 e. The van der Waals surface area contributed by atoms with Gasteiger partial charge in [-0.3, -0.25) is 4.79 Å². The topological polar surface area (TPSA) is 62.7 Å². The number of thiazole rings is 1. The van der Waals surface area contributed by atoms with E-state index in [4.69, 9.17) is 4.74 Å². The first-order valence-corrected chi connectivity index (χ1v) is 9.24. The summed E-state index contributed by atoms with van der Waals surface area (Å²) in [5.74, 6) is -0.375. The van der Waals surface area contributed by atoms with Crippen LogP contribution in [0.4, 0.5) is 5.13 Å². The summed E-state index contributed by atoms with van der Waals surface area (Å²) in [5, 5.41) is 2.75. The van der Waals surface area contributed by atoms with E-state index in [2.05, 4.69) is 4.98 Å². The zero-order chi connectivity index (χ0) is 16.1. The van der Waals surface area contributed by atoms with Gasteiger partial charge < -0.3 is 14.5 Å². The van der Waals surface area contributed by atoms with E-state index < -0.39 is 0 Å². The molecule has 0 radical (unpaired) electrons. The number of likely N-dealkylation sites (tertiary alicyclic amines) is 1. The molecule has 1 amide bonds. The van der Waals surface area contributed by atoms with Crippen molar-refractivity contribution in [1.29, 1.82) is 0 Å². The van der Waals surface area contributed by atoms with Crippen LogP contribution in [0, 0.1) is 0 Å². The Morgan fingerprint density at radius 2 is 1.96 bits per heavy atom. The molecule has 7 heteroatoms. The van der Waals surface area contributed by atoms with Crippen LogP contribution < -0.4 is 4.90 Å². The zero-order valence-electron chi connectivity index (χ0n) is 13.3. The number of hydrogen-bond donors (Lipinski definition) is 0. The number of ether oxygens (including phenoxy) is 1. The standard InChI is InChI=1S/C16H23N3O3S/c20-14(18-8-3-1-2-4-9-18)12-22-15(21)13-6-5-10-19(13)16-17-7-11-23-16/h7,11,13H,1-6,8-10,12H2/t13-/m1/s1. The van der Waals surface area contributed by atoms with Gasteiger partial charge in [0.15, 0.2) is 11.7 Å². The fourth-order valence-corrected chi connectivity index (χ4v) is 3.96. The third-order valence-corrected chi connectivity index (χ3v) is 5.30. The van der Waals surface area contributed by atoms with Crippen LogP contribution in [0.3, 0.4) is 0 Å². The van der Waals surface area contributed by atoms with E-state index in [0.717, 1.165) is 50.4 Å². The quantitative estimate of drug-likeness (QED) is 0.787. The number of carbonyl (C=O) groups excluding carboxylic acids is 2. The third-order valence-electron chi connectivity index (χ3n) is 4.49. The van der Waals surface area contributed by atoms with Crippen LogP contribution in [-0.2, 0) is 14.3 Å². The SMILES string of the molecule is O=C(OCC(=O)N1CCCCCC1)[C@H]1CCCN1c1nccs1. The maximum atomic E-state index is 12.3. The predicted molar refractivity (Wildman–Crippen MR) is 88.5 cm³/mol. The van der Waals surface area contributed by atoms with Gasteiger partial charge in [-0.25, -0.2) is 9.78 Å². The predicted octanol–water partition coefficient (Wildman–Crippen LogP) is 2.06. The average molecular weight is 337 g/mol. The molecule has 126 valence electrons. The molecule has 2 aliphatic heterocycles. The molecule has 0 spiro atoms. The summed E-state index contributed by atoms with van der Waals surface area (Å²) >= 11 is 1.52. The van der Waals surface area contributed by atoms with Crippen LogP contribution in [-0.4, -0.2) is 54.0 Å². The Bertz CT molecular complexity index is 527. The van der Waals surface area contributed by atoms with Gasteiger partial charge in [0.2, 0.25) is 0 Å². The minimum atomic E-state index is -0.307. The number of nitrogens with zero attached hydrogens (tertiary/aromatic N) is 3. The number of carbonyl (C=O) groups is 2. The van der Waals surface area contributed by atoms with Gasteiger partial charge in [0, 0.05) is 31.2 Å². The van der Waals surface area contributed by atoms with Crippen molar-refractivity contribution in [2.24, 2.45) is 0 Å². The molecule has 1 atom stereocenters. The summed E-state index contributed by atoms with van der Waals surface area (Å²) in [6.45, 7) is 2.24. The lowest BCUT2D eigenvalue weighted by Gasteiger charge is -2.23. The lowest BCUT2D eigenvalue weighted by atomic mass is 10.2. The first-order chi connectivity index (χ1) is 11.3. The minimum absolute atomic E-state index is 0.0703. The molecule has 2 saturated heterocycles. The van der Waals surface area contributed by atoms with E-state index in [1.807, 2.05) is 15.2 Å². The van der Waals surface area contributed by atoms with Gasteiger partial charge in [-0.2, -0.15) is 0 Å². The number of rotatable bonds is 4. The molecule has 0 N–H and O–H groups in total. The van der Waals surface area contributed by atoms with E-state index >= 15 is 0 Å². The molecule has 3 rings (SSSR count).